The largest absolute Gasteiger partial charge is 0.493 e. The monoisotopic (exact) mass is 289 g/mol. The number of benzene rings is 2. The molecule has 0 saturated carbocycles. The maximum absolute atomic E-state index is 13.1. The van der Waals surface area contributed by atoms with Crippen molar-refractivity contribution in [1.82, 2.24) is 5.32 Å². The molecule has 0 aliphatic rings. The van der Waals surface area contributed by atoms with Crippen LogP contribution in [0.2, 0.25) is 0 Å². The van der Waals surface area contributed by atoms with Crippen LogP contribution >= 0.6 is 0 Å². The third-order valence-electron chi connectivity index (χ3n) is 3.36. The molecule has 0 heterocycles. The van der Waals surface area contributed by atoms with Gasteiger partial charge in [0.25, 0.3) is 0 Å². The van der Waals surface area contributed by atoms with Gasteiger partial charge in [0.15, 0.2) is 11.5 Å². The van der Waals surface area contributed by atoms with Crippen LogP contribution < -0.4 is 14.8 Å². The van der Waals surface area contributed by atoms with Crippen LogP contribution in [-0.4, -0.2) is 20.8 Å². The van der Waals surface area contributed by atoms with E-state index in [9.17, 15) is 4.39 Å². The van der Waals surface area contributed by atoms with Gasteiger partial charge >= 0.3 is 0 Å². The van der Waals surface area contributed by atoms with Crippen molar-refractivity contribution in [3.63, 3.8) is 0 Å². The average molecular weight is 289 g/mol. The van der Waals surface area contributed by atoms with E-state index in [2.05, 4.69) is 5.32 Å². The van der Waals surface area contributed by atoms with Gasteiger partial charge in [0.05, 0.1) is 20.3 Å². The average Bonchev–Trinajstić information content (AvgIpc) is 2.52. The second-order valence-corrected chi connectivity index (χ2v) is 4.62. The van der Waals surface area contributed by atoms with Crippen LogP contribution in [0, 0.1) is 5.82 Å². The molecule has 1 atom stereocenters. The van der Waals surface area contributed by atoms with E-state index in [-0.39, 0.29) is 11.9 Å². The molecular formula is C17H20FNO2. The molecule has 2 aromatic rings. The van der Waals surface area contributed by atoms with Crippen LogP contribution in [0.15, 0.2) is 42.5 Å². The molecule has 0 amide bonds. The highest BCUT2D eigenvalue weighted by Gasteiger charge is 2.20. The molecule has 2 rings (SSSR count). The summed E-state index contributed by atoms with van der Waals surface area (Å²) in [5.41, 5.74) is 1.94. The van der Waals surface area contributed by atoms with Crippen molar-refractivity contribution in [2.75, 3.05) is 20.8 Å². The van der Waals surface area contributed by atoms with Crippen LogP contribution in [0.5, 0.6) is 11.5 Å². The van der Waals surface area contributed by atoms with E-state index in [1.807, 2.05) is 25.1 Å². The highest BCUT2D eigenvalue weighted by molar-refractivity contribution is 5.50. The van der Waals surface area contributed by atoms with Gasteiger partial charge in [-0.05, 0) is 30.3 Å². The summed E-state index contributed by atoms with van der Waals surface area (Å²) in [6.45, 7) is 2.81. The van der Waals surface area contributed by atoms with Crippen LogP contribution in [0.1, 0.15) is 24.1 Å². The van der Waals surface area contributed by atoms with Crippen molar-refractivity contribution in [2.24, 2.45) is 0 Å². The molecule has 4 heteroatoms. The van der Waals surface area contributed by atoms with Gasteiger partial charge in [-0.25, -0.2) is 4.39 Å². The second-order valence-electron chi connectivity index (χ2n) is 4.62. The Hall–Kier alpha value is -2.07. The first-order chi connectivity index (χ1) is 10.2. The second kappa shape index (κ2) is 7.09. The fraction of sp³-hybridized carbons (Fsp3) is 0.294. The van der Waals surface area contributed by atoms with Crippen molar-refractivity contribution in [2.45, 2.75) is 13.0 Å². The van der Waals surface area contributed by atoms with Gasteiger partial charge in [-0.1, -0.05) is 31.2 Å². The van der Waals surface area contributed by atoms with E-state index in [0.29, 0.717) is 11.5 Å². The zero-order chi connectivity index (χ0) is 15.2. The Morgan fingerprint density at radius 2 is 1.76 bits per heavy atom. The van der Waals surface area contributed by atoms with Crippen LogP contribution in [0.25, 0.3) is 0 Å². The third-order valence-corrected chi connectivity index (χ3v) is 3.36. The summed E-state index contributed by atoms with van der Waals surface area (Å²) < 4.78 is 24.0. The lowest BCUT2D eigenvalue weighted by Gasteiger charge is -2.22. The van der Waals surface area contributed by atoms with Crippen LogP contribution in [0.3, 0.4) is 0 Å². The van der Waals surface area contributed by atoms with Crippen LogP contribution in [-0.2, 0) is 0 Å². The van der Waals surface area contributed by atoms with E-state index in [1.165, 1.54) is 12.1 Å². The lowest BCUT2D eigenvalue weighted by molar-refractivity contribution is 0.349. The predicted octanol–water partition coefficient (Wildman–Crippen LogP) is 3.54. The van der Waals surface area contributed by atoms with Gasteiger partial charge in [-0.15, -0.1) is 0 Å². The van der Waals surface area contributed by atoms with E-state index >= 15 is 0 Å². The molecule has 0 fully saturated rings. The minimum atomic E-state index is -0.244. The molecule has 0 bridgehead atoms. The molecule has 21 heavy (non-hydrogen) atoms. The van der Waals surface area contributed by atoms with Gasteiger partial charge in [0.1, 0.15) is 5.82 Å². The quantitative estimate of drug-likeness (QED) is 0.882. The summed E-state index contributed by atoms with van der Waals surface area (Å²) in [4.78, 5) is 0. The molecule has 1 unspecified atom stereocenters. The third kappa shape index (κ3) is 3.34. The summed E-state index contributed by atoms with van der Waals surface area (Å²) in [7, 11) is 3.23. The number of hydrogen-bond acceptors (Lipinski definition) is 3. The van der Waals surface area contributed by atoms with Gasteiger partial charge in [0, 0.05) is 5.56 Å². The van der Waals surface area contributed by atoms with E-state index in [1.54, 1.807) is 26.4 Å². The lowest BCUT2D eigenvalue weighted by atomic mass is 9.97. The Morgan fingerprint density at radius 3 is 2.33 bits per heavy atom. The zero-order valence-corrected chi connectivity index (χ0v) is 12.5. The Bertz CT molecular complexity index is 584. The van der Waals surface area contributed by atoms with E-state index < -0.39 is 0 Å². The fourth-order valence-corrected chi connectivity index (χ4v) is 2.41. The summed E-state index contributed by atoms with van der Waals surface area (Å²) >= 11 is 0. The Labute approximate surface area is 124 Å². The number of rotatable bonds is 6. The topological polar surface area (TPSA) is 30.5 Å². The van der Waals surface area contributed by atoms with Gasteiger partial charge in [-0.3, -0.25) is 0 Å². The fourth-order valence-electron chi connectivity index (χ4n) is 2.41. The number of hydrogen-bond donors (Lipinski definition) is 1. The first-order valence-corrected chi connectivity index (χ1v) is 6.91. The molecule has 0 spiro atoms. The van der Waals surface area contributed by atoms with Crippen molar-refractivity contribution >= 4 is 0 Å². The summed E-state index contributed by atoms with van der Waals surface area (Å²) in [6.07, 6.45) is 0. The molecule has 0 aliphatic heterocycles. The molecule has 112 valence electrons. The van der Waals surface area contributed by atoms with Crippen molar-refractivity contribution in [3.05, 3.63) is 59.4 Å². The van der Waals surface area contributed by atoms with Crippen molar-refractivity contribution in [3.8, 4) is 11.5 Å². The highest BCUT2D eigenvalue weighted by atomic mass is 19.1. The number of nitrogens with one attached hydrogen (secondary N) is 1. The van der Waals surface area contributed by atoms with Crippen LogP contribution in [0.4, 0.5) is 4.39 Å². The SMILES string of the molecule is CCNC(c1ccc(F)cc1)c1cccc(OC)c1OC. The van der Waals surface area contributed by atoms with Gasteiger partial charge in [-0.2, -0.15) is 0 Å². The first kappa shape index (κ1) is 15.3. The van der Waals surface area contributed by atoms with E-state index in [0.717, 1.165) is 17.7 Å². The summed E-state index contributed by atoms with van der Waals surface area (Å²) in [6, 6.07) is 12.2. The maximum Gasteiger partial charge on any atom is 0.165 e. The Morgan fingerprint density at radius 1 is 1.05 bits per heavy atom. The highest BCUT2D eigenvalue weighted by Crippen LogP contribution is 2.37. The standard InChI is InChI=1S/C17H20FNO2/c1-4-19-16(12-8-10-13(18)11-9-12)14-6-5-7-15(20-2)17(14)21-3/h5-11,16,19H,4H2,1-3H3. The summed E-state index contributed by atoms with van der Waals surface area (Å²) in [5.74, 6) is 1.13. The minimum absolute atomic E-state index is 0.0827. The number of ether oxygens (including phenoxy) is 2. The molecule has 0 aliphatic carbocycles. The molecule has 3 nitrogen and oxygen atoms in total. The molecule has 0 saturated heterocycles. The maximum atomic E-state index is 13.1. The molecule has 1 N–H and O–H groups in total. The van der Waals surface area contributed by atoms with Crippen molar-refractivity contribution < 1.29 is 13.9 Å². The van der Waals surface area contributed by atoms with Gasteiger partial charge < -0.3 is 14.8 Å². The lowest BCUT2D eigenvalue weighted by Crippen LogP contribution is -2.22. The molecule has 0 radical (unpaired) electrons. The molecular weight excluding hydrogens is 269 g/mol. The van der Waals surface area contributed by atoms with Gasteiger partial charge in [0.2, 0.25) is 0 Å². The Balaban J connectivity index is 2.49. The Kier molecular flexibility index (Phi) is 5.17. The number of halogens is 1. The molecule has 0 aromatic heterocycles. The van der Waals surface area contributed by atoms with Crippen molar-refractivity contribution in [1.29, 1.82) is 0 Å². The predicted molar refractivity (Wildman–Crippen MR) is 81.5 cm³/mol. The number of para-hydroxylation sites is 1. The zero-order valence-electron chi connectivity index (χ0n) is 12.5. The minimum Gasteiger partial charge on any atom is -0.493 e. The first-order valence-electron chi connectivity index (χ1n) is 6.91. The van der Waals surface area contributed by atoms with E-state index in [4.69, 9.17) is 9.47 Å². The molecule has 2 aromatic carbocycles. The number of methoxy groups -OCH3 is 2. The summed E-state index contributed by atoms with van der Waals surface area (Å²) in [5, 5.41) is 3.40. The normalized spacial score (nSPS) is 12.0. The smallest absolute Gasteiger partial charge is 0.165 e.